The number of nitrogens with one attached hydrogen (secondary N) is 5. The van der Waals surface area contributed by atoms with E-state index in [1.54, 1.807) is 6.92 Å². The van der Waals surface area contributed by atoms with Crippen LogP contribution >= 0.6 is 0 Å². The van der Waals surface area contributed by atoms with Gasteiger partial charge in [-0.1, -0.05) is 29.9 Å². The first kappa shape index (κ1) is 31.8. The summed E-state index contributed by atoms with van der Waals surface area (Å²) in [5.74, 6) is -0.0751. The second kappa shape index (κ2) is 13.7. The molecule has 12 nitrogen and oxygen atoms in total. The predicted molar refractivity (Wildman–Crippen MR) is 179 cm³/mol. The van der Waals surface area contributed by atoms with Gasteiger partial charge in [0.1, 0.15) is 23.3 Å². The molecule has 0 saturated carbocycles. The fraction of sp³-hybridized carbons (Fsp3) is 0.314. The first-order valence-corrected chi connectivity index (χ1v) is 15.8. The van der Waals surface area contributed by atoms with Crippen LogP contribution in [0.15, 0.2) is 70.2 Å². The van der Waals surface area contributed by atoms with Crippen molar-refractivity contribution in [3.8, 4) is 22.5 Å². The minimum Gasteiger partial charge on any atom is -0.460 e. The lowest BCUT2D eigenvalue weighted by Gasteiger charge is -2.20. The number of hydrogen-bond acceptors (Lipinski definition) is 8. The second-order valence-electron chi connectivity index (χ2n) is 12.0. The van der Waals surface area contributed by atoms with Crippen LogP contribution in [0.25, 0.3) is 33.4 Å². The molecule has 3 amide bonds. The van der Waals surface area contributed by atoms with Gasteiger partial charge in [0.25, 0.3) is 5.91 Å². The Morgan fingerprint density at radius 3 is 2.45 bits per heavy atom. The maximum absolute atomic E-state index is 13.6. The van der Waals surface area contributed by atoms with Crippen molar-refractivity contribution in [2.45, 2.75) is 20.8 Å². The first-order chi connectivity index (χ1) is 22.7. The number of urea groups is 1. The number of anilines is 1. The largest absolute Gasteiger partial charge is 0.460 e. The fourth-order valence-corrected chi connectivity index (χ4v) is 5.23. The summed E-state index contributed by atoms with van der Waals surface area (Å²) in [4.78, 5) is 37.2. The van der Waals surface area contributed by atoms with Crippen molar-refractivity contribution in [3.63, 3.8) is 0 Å². The lowest BCUT2D eigenvalue weighted by molar-refractivity contribution is -0.769. The molecule has 2 fully saturated rings. The molecule has 5 N–H and O–H groups in total. The fourth-order valence-electron chi connectivity index (χ4n) is 5.23. The van der Waals surface area contributed by atoms with Gasteiger partial charge in [0.15, 0.2) is 13.1 Å². The highest BCUT2D eigenvalue weighted by Gasteiger charge is 2.26. The summed E-state index contributed by atoms with van der Waals surface area (Å²) < 4.78 is 11.5. The minimum absolute atomic E-state index is 0.0354. The van der Waals surface area contributed by atoms with Crippen molar-refractivity contribution in [1.29, 1.82) is 0 Å². The number of quaternary nitrogens is 1. The number of carbonyl (C=O) groups is 3. The summed E-state index contributed by atoms with van der Waals surface area (Å²) in [5, 5.41) is 18.2. The van der Waals surface area contributed by atoms with Crippen LogP contribution in [0.5, 0.6) is 0 Å². The van der Waals surface area contributed by atoms with Gasteiger partial charge >= 0.3 is 12.0 Å². The molecule has 4 aliphatic rings. The van der Waals surface area contributed by atoms with Crippen molar-refractivity contribution < 1.29 is 28.5 Å². The van der Waals surface area contributed by atoms with Gasteiger partial charge in [-0.2, -0.15) is 5.01 Å². The molecule has 3 aliphatic heterocycles. The minimum atomic E-state index is -0.507. The molecule has 1 aliphatic carbocycles. The standard InChI is InChI=1S/C35H39N7O5/c1-21(2)34(44)46-16-11-38-35(45)37-10-9-36-33(43)25-8-6-5-7-24(25)32-26-17-22(3)28(39-41-12-13-41)19-30(26)47-31-20-29(40-42-14-15-42)23(4)18-27(31)32/h5-8,17-20,39H,1,9-16H2,2-4H3,(H,36,43)(H2,37,38,45)/p+1. The topological polar surface area (TPSA) is 142 Å². The molecule has 0 aromatic heterocycles. The second-order valence-corrected chi connectivity index (χ2v) is 12.0. The van der Waals surface area contributed by atoms with E-state index in [0.717, 1.165) is 70.4 Å². The highest BCUT2D eigenvalue weighted by atomic mass is 16.5. The SMILES string of the molecule is C=C(C)C(=O)OCCNC(=O)NCCNC(=O)c1ccccc1-c1c2cc(C)c(=N[NH+]3CC3)cc-2oc2cc(NN3CC3)c(C)cc12. The van der Waals surface area contributed by atoms with Crippen LogP contribution in [-0.4, -0.2) is 75.3 Å². The van der Waals surface area contributed by atoms with Crippen molar-refractivity contribution >= 4 is 34.6 Å². The Kier molecular flexibility index (Phi) is 9.23. The van der Waals surface area contributed by atoms with Crippen LogP contribution in [0.2, 0.25) is 0 Å². The van der Waals surface area contributed by atoms with Crippen LogP contribution in [0.4, 0.5) is 10.5 Å². The highest BCUT2D eigenvalue weighted by Crippen LogP contribution is 2.43. The number of esters is 1. The summed E-state index contributed by atoms with van der Waals surface area (Å²) >= 11 is 0. The summed E-state index contributed by atoms with van der Waals surface area (Å²) in [6.07, 6.45) is 0. The van der Waals surface area contributed by atoms with E-state index in [-0.39, 0.29) is 32.1 Å². The molecule has 2 aromatic carbocycles. The maximum atomic E-state index is 13.6. The molecule has 244 valence electrons. The van der Waals surface area contributed by atoms with Gasteiger partial charge in [-0.25, -0.2) is 14.6 Å². The van der Waals surface area contributed by atoms with E-state index < -0.39 is 12.0 Å². The average molecular weight is 639 g/mol. The molecule has 0 spiro atoms. The Bertz CT molecular complexity index is 1910. The van der Waals surface area contributed by atoms with Crippen LogP contribution in [0.3, 0.4) is 0 Å². The summed E-state index contributed by atoms with van der Waals surface area (Å²) in [5.41, 5.74) is 10.6. The number of rotatable bonds is 12. The van der Waals surface area contributed by atoms with Crippen molar-refractivity contribution in [3.05, 3.63) is 82.7 Å². The van der Waals surface area contributed by atoms with Crippen LogP contribution in [0.1, 0.15) is 28.4 Å². The molecule has 3 heterocycles. The van der Waals surface area contributed by atoms with E-state index in [0.29, 0.717) is 22.5 Å². The quantitative estimate of drug-likeness (QED) is 0.0528. The number of aryl methyl sites for hydroxylation is 2. The van der Waals surface area contributed by atoms with Gasteiger partial charge < -0.3 is 30.5 Å². The molecule has 0 radical (unpaired) electrons. The van der Waals surface area contributed by atoms with Gasteiger partial charge in [0.2, 0.25) is 0 Å². The van der Waals surface area contributed by atoms with E-state index in [4.69, 9.17) is 14.3 Å². The number of hydrazine groups is 1. The number of nitrogens with zero attached hydrogens (tertiary/aromatic N) is 2. The highest BCUT2D eigenvalue weighted by molar-refractivity contribution is 6.09. The first-order valence-electron chi connectivity index (χ1n) is 15.8. The van der Waals surface area contributed by atoms with Crippen molar-refractivity contribution in [2.24, 2.45) is 5.10 Å². The van der Waals surface area contributed by atoms with E-state index in [9.17, 15) is 14.4 Å². The van der Waals surface area contributed by atoms with Crippen LogP contribution in [0, 0.1) is 13.8 Å². The lowest BCUT2D eigenvalue weighted by Crippen LogP contribution is -2.86. The van der Waals surface area contributed by atoms with Gasteiger partial charge in [0.05, 0.1) is 12.2 Å². The van der Waals surface area contributed by atoms with Crippen molar-refractivity contribution in [1.82, 2.24) is 21.0 Å². The number of carbonyl (C=O) groups excluding carboxylic acids is 3. The summed E-state index contributed by atoms with van der Waals surface area (Å²) in [6, 6.07) is 15.4. The Hall–Kier alpha value is -5.20. The maximum Gasteiger partial charge on any atom is 0.333 e. The molecule has 6 rings (SSSR count). The lowest BCUT2D eigenvalue weighted by atomic mass is 9.89. The number of hydrogen-bond donors (Lipinski definition) is 5. The molecule has 0 unspecified atom stereocenters. The number of amides is 3. The van der Waals surface area contributed by atoms with Gasteiger partial charge in [0, 0.05) is 66.0 Å². The van der Waals surface area contributed by atoms with Gasteiger partial charge in [-0.15, -0.1) is 0 Å². The average Bonchev–Trinajstić information content (AvgIpc) is 3.99. The third-order valence-corrected chi connectivity index (χ3v) is 7.97. The predicted octanol–water partition coefficient (Wildman–Crippen LogP) is 2.33. The molecule has 12 heteroatoms. The van der Waals surface area contributed by atoms with Gasteiger partial charge in [-0.05, 0) is 55.7 Å². The number of ether oxygens (including phenoxy) is 1. The van der Waals surface area contributed by atoms with E-state index in [1.807, 2.05) is 43.3 Å². The Labute approximate surface area is 272 Å². The van der Waals surface area contributed by atoms with Crippen LogP contribution in [-0.2, 0) is 9.53 Å². The summed E-state index contributed by atoms with van der Waals surface area (Å²) in [6.45, 7) is 13.8. The van der Waals surface area contributed by atoms with E-state index in [1.165, 1.54) is 5.01 Å². The smallest absolute Gasteiger partial charge is 0.333 e. The normalized spacial score (nSPS) is 14.6. The molecule has 0 atom stereocenters. The van der Waals surface area contributed by atoms with E-state index in [2.05, 4.69) is 52.0 Å². The van der Waals surface area contributed by atoms with E-state index >= 15 is 0 Å². The molecule has 47 heavy (non-hydrogen) atoms. The third-order valence-electron chi connectivity index (χ3n) is 7.97. The Morgan fingerprint density at radius 1 is 0.957 bits per heavy atom. The summed E-state index contributed by atoms with van der Waals surface area (Å²) in [7, 11) is 0. The zero-order valence-electron chi connectivity index (χ0n) is 26.9. The zero-order valence-corrected chi connectivity index (χ0v) is 26.9. The molecular formula is C35H40N7O5+. The molecule has 0 bridgehead atoms. The third kappa shape index (κ3) is 7.62. The van der Waals surface area contributed by atoms with Gasteiger partial charge in [-0.3, -0.25) is 4.79 Å². The Morgan fingerprint density at radius 2 is 1.70 bits per heavy atom. The zero-order chi connectivity index (χ0) is 33.1. The monoisotopic (exact) mass is 638 g/mol. The Balaban J connectivity index is 1.25. The molecule has 2 aromatic rings. The van der Waals surface area contributed by atoms with Crippen molar-refractivity contribution in [2.75, 3.05) is 57.8 Å². The number of fused-ring (bicyclic) bond motifs is 2. The number of benzene rings is 3. The molecular weight excluding hydrogens is 598 g/mol. The molecule has 2 saturated heterocycles. The van der Waals surface area contributed by atoms with Crippen LogP contribution < -0.4 is 31.7 Å².